The number of rotatable bonds is 2. The molecule has 0 fully saturated rings. The van der Waals surface area contributed by atoms with Gasteiger partial charge in [0.05, 0.1) is 4.90 Å². The summed E-state index contributed by atoms with van der Waals surface area (Å²) in [6, 6.07) is 6.43. The van der Waals surface area contributed by atoms with E-state index in [0.29, 0.717) is 0 Å². The Balaban J connectivity index is 3.14. The number of hydrogen-bond donors (Lipinski definition) is 1. The van der Waals surface area contributed by atoms with Gasteiger partial charge in [-0.25, -0.2) is 8.42 Å². The molecule has 12 heavy (non-hydrogen) atoms. The molecule has 0 bridgehead atoms. The van der Waals surface area contributed by atoms with Crippen LogP contribution in [0.3, 0.4) is 0 Å². The lowest BCUT2D eigenvalue weighted by Crippen LogP contribution is -2.19. The summed E-state index contributed by atoms with van der Waals surface area (Å²) in [5.41, 5.74) is 1.01. The van der Waals surface area contributed by atoms with Crippen LogP contribution in [0.1, 0.15) is 5.56 Å². The Labute approximate surface area is 73.3 Å². The summed E-state index contributed by atoms with van der Waals surface area (Å²) in [4.78, 5) is 0.176. The van der Waals surface area contributed by atoms with Gasteiger partial charge in [0.2, 0.25) is 18.0 Å². The minimum Gasteiger partial charge on any atom is -0.265 e. The van der Waals surface area contributed by atoms with Gasteiger partial charge in [-0.1, -0.05) is 17.7 Å². The lowest BCUT2D eigenvalue weighted by atomic mass is 10.2. The Hall–Kier alpha value is -0.805. The largest absolute Gasteiger partial charge is 0.265 e. The molecule has 0 aliphatic heterocycles. The first kappa shape index (κ1) is 9.28. The number of nitrogens with one attached hydrogen (secondary N) is 1. The average molecular weight is 181 g/mol. The van der Waals surface area contributed by atoms with Gasteiger partial charge in [-0.05, 0) is 19.1 Å². The van der Waals surface area contributed by atoms with Crippen LogP contribution in [0.2, 0.25) is 0 Å². The van der Waals surface area contributed by atoms with Gasteiger partial charge < -0.3 is 0 Å². The number of sulfonamides is 1. The summed E-state index contributed by atoms with van der Waals surface area (Å²) in [5.74, 6) is 0. The van der Waals surface area contributed by atoms with Crippen LogP contribution in [0.15, 0.2) is 29.2 Å². The van der Waals surface area contributed by atoms with Crippen molar-refractivity contribution in [3.8, 4) is 0 Å². The van der Waals surface area contributed by atoms with E-state index in [1.165, 1.54) is 12.1 Å². The van der Waals surface area contributed by atoms with Crippen LogP contribution in [-0.4, -0.2) is 16.4 Å². The Bertz CT molecular complexity index is 357. The van der Waals surface area contributed by atoms with Gasteiger partial charge in [0.25, 0.3) is 0 Å². The standard InChI is InChI=1S/C7H8BNO2S/c1-6-2-4-7(5-3-6)12(10,11)9-8/h2-5,9H,1H3. The lowest BCUT2D eigenvalue weighted by molar-refractivity contribution is 0.594. The molecule has 62 valence electrons. The average Bonchev–Trinajstić information content (AvgIpc) is 2.05. The zero-order valence-corrected chi connectivity index (χ0v) is 7.43. The Kier molecular flexibility index (Phi) is 2.54. The monoisotopic (exact) mass is 181 g/mol. The van der Waals surface area contributed by atoms with Crippen LogP contribution < -0.4 is 4.63 Å². The van der Waals surface area contributed by atoms with Crippen LogP contribution in [0, 0.1) is 6.92 Å². The predicted molar refractivity (Wildman–Crippen MR) is 47.3 cm³/mol. The maximum Gasteiger partial charge on any atom is 0.229 e. The Morgan fingerprint density at radius 2 is 1.75 bits per heavy atom. The van der Waals surface area contributed by atoms with Crippen molar-refractivity contribution < 1.29 is 8.42 Å². The molecule has 1 rings (SSSR count). The molecule has 5 heteroatoms. The first-order valence-electron chi connectivity index (χ1n) is 3.35. The van der Waals surface area contributed by atoms with Crippen LogP contribution in [0.25, 0.3) is 0 Å². The maximum absolute atomic E-state index is 11.1. The zero-order chi connectivity index (χ0) is 9.19. The van der Waals surface area contributed by atoms with Crippen LogP contribution in [-0.2, 0) is 10.0 Å². The normalized spacial score (nSPS) is 11.4. The van der Waals surface area contributed by atoms with Gasteiger partial charge in [0.15, 0.2) is 0 Å². The first-order valence-corrected chi connectivity index (χ1v) is 4.83. The number of hydrogen-bond acceptors (Lipinski definition) is 2. The van der Waals surface area contributed by atoms with Crippen molar-refractivity contribution in [2.45, 2.75) is 11.8 Å². The van der Waals surface area contributed by atoms with E-state index in [9.17, 15) is 8.42 Å². The van der Waals surface area contributed by atoms with Gasteiger partial charge in [-0.2, -0.15) is 0 Å². The van der Waals surface area contributed by atoms with Gasteiger partial charge >= 0.3 is 0 Å². The van der Waals surface area contributed by atoms with E-state index in [4.69, 9.17) is 7.98 Å². The summed E-state index contributed by atoms with van der Waals surface area (Å²) in [5, 5.41) is 0. The fourth-order valence-corrected chi connectivity index (χ4v) is 1.42. The predicted octanol–water partition coefficient (Wildman–Crippen LogP) is 0.357. The van der Waals surface area contributed by atoms with E-state index >= 15 is 0 Å². The fraction of sp³-hybridized carbons (Fsp3) is 0.143. The third-order valence-corrected chi connectivity index (χ3v) is 2.69. The second-order valence-electron chi connectivity index (χ2n) is 2.43. The van der Waals surface area contributed by atoms with Crippen molar-refractivity contribution in [2.75, 3.05) is 0 Å². The highest BCUT2D eigenvalue weighted by atomic mass is 32.2. The zero-order valence-electron chi connectivity index (χ0n) is 6.61. The fourth-order valence-electron chi connectivity index (χ4n) is 0.785. The molecule has 0 aromatic heterocycles. The number of benzene rings is 1. The summed E-state index contributed by atoms with van der Waals surface area (Å²) in [6.07, 6.45) is 0. The summed E-state index contributed by atoms with van der Waals surface area (Å²) in [7, 11) is 1.35. The van der Waals surface area contributed by atoms with E-state index in [-0.39, 0.29) is 4.90 Å². The van der Waals surface area contributed by atoms with E-state index < -0.39 is 10.0 Å². The van der Waals surface area contributed by atoms with Gasteiger partial charge in [0.1, 0.15) is 0 Å². The molecular weight excluding hydrogens is 173 g/mol. The molecule has 1 aromatic rings. The van der Waals surface area contributed by atoms with E-state index in [2.05, 4.69) is 0 Å². The Morgan fingerprint density at radius 3 is 2.17 bits per heavy atom. The Morgan fingerprint density at radius 1 is 1.25 bits per heavy atom. The van der Waals surface area contributed by atoms with Crippen molar-refractivity contribution in [2.24, 2.45) is 0 Å². The van der Waals surface area contributed by atoms with Crippen molar-refractivity contribution in [1.82, 2.24) is 4.63 Å². The van der Waals surface area contributed by atoms with Gasteiger partial charge in [-0.15, -0.1) is 0 Å². The van der Waals surface area contributed by atoms with Crippen molar-refractivity contribution in [3.63, 3.8) is 0 Å². The van der Waals surface area contributed by atoms with E-state index in [1.54, 1.807) is 16.8 Å². The second-order valence-corrected chi connectivity index (χ2v) is 4.15. The summed E-state index contributed by atoms with van der Waals surface area (Å²) >= 11 is 0. The van der Waals surface area contributed by atoms with E-state index in [1.807, 2.05) is 6.92 Å². The molecule has 0 atom stereocenters. The maximum atomic E-state index is 11.1. The second kappa shape index (κ2) is 3.29. The first-order chi connectivity index (χ1) is 5.56. The van der Waals surface area contributed by atoms with Gasteiger partial charge in [-0.3, -0.25) is 4.63 Å². The van der Waals surface area contributed by atoms with Crippen LogP contribution >= 0.6 is 0 Å². The highest BCUT2D eigenvalue weighted by Gasteiger charge is 2.08. The van der Waals surface area contributed by atoms with E-state index in [0.717, 1.165) is 5.56 Å². The molecule has 0 saturated heterocycles. The molecule has 0 aliphatic carbocycles. The molecule has 1 aromatic carbocycles. The van der Waals surface area contributed by atoms with Crippen LogP contribution in [0.5, 0.6) is 0 Å². The summed E-state index contributed by atoms with van der Waals surface area (Å²) < 4.78 is 23.9. The molecule has 0 amide bonds. The third-order valence-electron chi connectivity index (χ3n) is 1.49. The molecule has 0 heterocycles. The SMILES string of the molecule is [B]NS(=O)(=O)c1ccc(C)cc1. The van der Waals surface area contributed by atoms with Gasteiger partial charge in [0, 0.05) is 0 Å². The van der Waals surface area contributed by atoms with Crippen molar-refractivity contribution in [1.29, 1.82) is 0 Å². The lowest BCUT2D eigenvalue weighted by Gasteiger charge is -2.01. The smallest absolute Gasteiger partial charge is 0.229 e. The highest BCUT2D eigenvalue weighted by molar-refractivity contribution is 7.90. The van der Waals surface area contributed by atoms with Crippen LogP contribution in [0.4, 0.5) is 0 Å². The minimum absolute atomic E-state index is 0.176. The number of aryl methyl sites for hydroxylation is 1. The molecular formula is C7H8BNO2S. The molecule has 2 radical (unpaired) electrons. The summed E-state index contributed by atoms with van der Waals surface area (Å²) in [6.45, 7) is 1.88. The molecule has 0 spiro atoms. The highest BCUT2D eigenvalue weighted by Crippen LogP contribution is 2.08. The minimum atomic E-state index is -3.49. The molecule has 0 saturated carbocycles. The molecule has 3 nitrogen and oxygen atoms in total. The quantitative estimate of drug-likeness (QED) is 0.669. The van der Waals surface area contributed by atoms with Crippen molar-refractivity contribution >= 4 is 18.0 Å². The van der Waals surface area contributed by atoms with Crippen molar-refractivity contribution in [3.05, 3.63) is 29.8 Å². The third kappa shape index (κ3) is 1.87. The molecule has 0 unspecified atom stereocenters. The molecule has 1 N–H and O–H groups in total. The molecule has 0 aliphatic rings. The topological polar surface area (TPSA) is 46.2 Å².